The summed E-state index contributed by atoms with van der Waals surface area (Å²) < 4.78 is 20.5. The topological polar surface area (TPSA) is 168 Å². The van der Waals surface area contributed by atoms with Crippen LogP contribution in [0.5, 0.6) is 11.5 Å². The van der Waals surface area contributed by atoms with Crippen molar-refractivity contribution in [3.63, 3.8) is 0 Å². The van der Waals surface area contributed by atoms with E-state index in [1.165, 1.54) is 68.8 Å². The largest absolute Gasteiger partial charge is 0.493 e. The van der Waals surface area contributed by atoms with Crippen LogP contribution in [0, 0.1) is 10.1 Å². The van der Waals surface area contributed by atoms with Gasteiger partial charge in [-0.15, -0.1) is 0 Å². The highest BCUT2D eigenvalue weighted by Gasteiger charge is 2.34. The fourth-order valence-corrected chi connectivity index (χ4v) is 3.62. The highest BCUT2D eigenvalue weighted by molar-refractivity contribution is 6.13. The lowest BCUT2D eigenvalue weighted by molar-refractivity contribution is -0.384. The van der Waals surface area contributed by atoms with Crippen LogP contribution in [0.1, 0.15) is 27.4 Å². The molecular weight excluding hydrogens is 526 g/mol. The van der Waals surface area contributed by atoms with Crippen LogP contribution in [-0.2, 0) is 20.9 Å². The number of hydrogen-bond acceptors (Lipinski definition) is 10. The lowest BCUT2D eigenvalue weighted by atomic mass is 10.1. The molecule has 0 saturated carbocycles. The molecule has 1 aromatic heterocycles. The standard InChI is InChI=1S/C27H21N3O10/c1-37-23-14-17(6-9-21(23)40-24(31)11-7-16-4-3-5-18(12-16)30(35)36)13-20-25(32)29(27(34)28-20)15-19-8-10-22(39-19)26(33)38-2/h3-14H,15H2,1-2H3,(H,28,34)/b11-7+,20-13-. The number of nitro benzene ring substituents is 1. The Kier molecular flexibility index (Phi) is 8.04. The van der Waals surface area contributed by atoms with E-state index < -0.39 is 28.8 Å². The second kappa shape index (κ2) is 11.8. The minimum absolute atomic E-state index is 0.0172. The maximum atomic E-state index is 12.8. The van der Waals surface area contributed by atoms with E-state index in [0.717, 1.165) is 11.0 Å². The molecule has 0 bridgehead atoms. The number of nitrogens with one attached hydrogen (secondary N) is 1. The lowest BCUT2D eigenvalue weighted by Gasteiger charge is -2.10. The van der Waals surface area contributed by atoms with E-state index in [1.807, 2.05) is 0 Å². The summed E-state index contributed by atoms with van der Waals surface area (Å²) in [4.78, 5) is 60.4. The first-order chi connectivity index (χ1) is 19.2. The fourth-order valence-electron chi connectivity index (χ4n) is 3.62. The average molecular weight is 547 g/mol. The minimum atomic E-state index is -0.752. The normalized spacial score (nSPS) is 13.9. The molecule has 1 saturated heterocycles. The van der Waals surface area contributed by atoms with Crippen LogP contribution in [0.15, 0.2) is 70.8 Å². The zero-order valence-electron chi connectivity index (χ0n) is 21.1. The molecule has 2 aromatic carbocycles. The molecule has 4 rings (SSSR count). The monoisotopic (exact) mass is 547 g/mol. The molecule has 0 atom stereocenters. The molecule has 13 nitrogen and oxygen atoms in total. The summed E-state index contributed by atoms with van der Waals surface area (Å²) in [7, 11) is 2.56. The van der Waals surface area contributed by atoms with Gasteiger partial charge in [0.25, 0.3) is 11.6 Å². The lowest BCUT2D eigenvalue weighted by Crippen LogP contribution is -2.30. The highest BCUT2D eigenvalue weighted by Crippen LogP contribution is 2.30. The third-order valence-corrected chi connectivity index (χ3v) is 5.53. The molecule has 3 aromatic rings. The Morgan fingerprint density at radius 1 is 1.05 bits per heavy atom. The number of urea groups is 1. The van der Waals surface area contributed by atoms with Gasteiger partial charge in [0, 0.05) is 18.2 Å². The summed E-state index contributed by atoms with van der Waals surface area (Å²) >= 11 is 0. The van der Waals surface area contributed by atoms with Crippen molar-refractivity contribution in [2.24, 2.45) is 0 Å². The van der Waals surface area contributed by atoms with Crippen LogP contribution in [0.3, 0.4) is 0 Å². The highest BCUT2D eigenvalue weighted by atomic mass is 16.6. The molecule has 1 aliphatic heterocycles. The maximum absolute atomic E-state index is 12.8. The number of non-ortho nitro benzene ring substituents is 1. The van der Waals surface area contributed by atoms with E-state index in [4.69, 9.17) is 13.9 Å². The Balaban J connectivity index is 1.44. The van der Waals surface area contributed by atoms with Crippen LogP contribution in [0.4, 0.5) is 10.5 Å². The molecule has 0 aliphatic carbocycles. The van der Waals surface area contributed by atoms with Crippen molar-refractivity contribution in [3.05, 3.63) is 99.1 Å². The second-order valence-electron chi connectivity index (χ2n) is 8.15. The summed E-state index contributed by atoms with van der Waals surface area (Å²) in [5.41, 5.74) is 0.765. The average Bonchev–Trinajstić information content (AvgIpc) is 3.52. The summed E-state index contributed by atoms with van der Waals surface area (Å²) in [5, 5.41) is 13.4. The zero-order valence-corrected chi connectivity index (χ0v) is 21.1. The van der Waals surface area contributed by atoms with Crippen molar-refractivity contribution >= 4 is 41.7 Å². The smallest absolute Gasteiger partial charge is 0.373 e. The molecule has 204 valence electrons. The third-order valence-electron chi connectivity index (χ3n) is 5.53. The Morgan fingerprint density at radius 3 is 2.58 bits per heavy atom. The number of rotatable bonds is 9. The molecule has 3 amide bonds. The Labute approximate surface area is 226 Å². The van der Waals surface area contributed by atoms with E-state index in [2.05, 4.69) is 10.1 Å². The Bertz CT molecular complexity index is 1570. The second-order valence-corrected chi connectivity index (χ2v) is 8.15. The zero-order chi connectivity index (χ0) is 28.8. The molecule has 2 heterocycles. The molecule has 40 heavy (non-hydrogen) atoms. The number of carbonyl (C=O) groups excluding carboxylic acids is 4. The quantitative estimate of drug-likeness (QED) is 0.104. The predicted octanol–water partition coefficient (Wildman–Crippen LogP) is 3.69. The SMILES string of the molecule is COC(=O)c1ccc(CN2C(=O)N/C(=C\c3ccc(OC(=O)/C=C/c4cccc([N+](=O)[O-])c4)c(OC)c3)C2=O)o1. The first-order valence-electron chi connectivity index (χ1n) is 11.5. The van der Waals surface area contributed by atoms with Crippen LogP contribution >= 0.6 is 0 Å². The van der Waals surface area contributed by atoms with Crippen LogP contribution in [-0.4, -0.2) is 47.9 Å². The van der Waals surface area contributed by atoms with Crippen molar-refractivity contribution in [3.8, 4) is 11.5 Å². The third kappa shape index (κ3) is 6.22. The van der Waals surface area contributed by atoms with Gasteiger partial charge in [0.1, 0.15) is 11.5 Å². The molecule has 0 spiro atoms. The minimum Gasteiger partial charge on any atom is -0.493 e. The van der Waals surface area contributed by atoms with E-state index >= 15 is 0 Å². The van der Waals surface area contributed by atoms with E-state index in [0.29, 0.717) is 11.1 Å². The summed E-state index contributed by atoms with van der Waals surface area (Å²) in [6.07, 6.45) is 3.90. The van der Waals surface area contributed by atoms with Gasteiger partial charge in [-0.3, -0.25) is 19.8 Å². The van der Waals surface area contributed by atoms with Gasteiger partial charge in [-0.2, -0.15) is 0 Å². The molecule has 1 N–H and O–H groups in total. The number of nitro groups is 1. The molecule has 1 fully saturated rings. The fraction of sp³-hybridized carbons (Fsp3) is 0.111. The number of amides is 3. The molecule has 1 aliphatic rings. The summed E-state index contributed by atoms with van der Waals surface area (Å²) in [6.45, 7) is -0.207. The van der Waals surface area contributed by atoms with Gasteiger partial charge in [-0.1, -0.05) is 18.2 Å². The van der Waals surface area contributed by atoms with Crippen molar-refractivity contribution in [2.45, 2.75) is 6.54 Å². The Hall–Kier alpha value is -5.72. The molecule has 0 radical (unpaired) electrons. The number of hydrogen-bond donors (Lipinski definition) is 1. The van der Waals surface area contributed by atoms with E-state index in [9.17, 15) is 29.3 Å². The first-order valence-corrected chi connectivity index (χ1v) is 11.5. The summed E-state index contributed by atoms with van der Waals surface area (Å²) in [6, 6.07) is 12.4. The van der Waals surface area contributed by atoms with Crippen molar-refractivity contribution < 1.29 is 42.7 Å². The van der Waals surface area contributed by atoms with Crippen LogP contribution in [0.25, 0.3) is 12.2 Å². The van der Waals surface area contributed by atoms with Gasteiger partial charge in [0.05, 0.1) is 25.7 Å². The van der Waals surface area contributed by atoms with Crippen LogP contribution < -0.4 is 14.8 Å². The van der Waals surface area contributed by atoms with Gasteiger partial charge in [-0.25, -0.2) is 14.4 Å². The summed E-state index contributed by atoms with van der Waals surface area (Å²) in [5.74, 6) is -1.66. The van der Waals surface area contributed by atoms with Gasteiger partial charge < -0.3 is 23.9 Å². The number of benzene rings is 2. The predicted molar refractivity (Wildman–Crippen MR) is 138 cm³/mol. The Morgan fingerprint density at radius 2 is 1.85 bits per heavy atom. The number of carbonyl (C=O) groups is 4. The van der Waals surface area contributed by atoms with Gasteiger partial charge in [0.2, 0.25) is 5.76 Å². The van der Waals surface area contributed by atoms with E-state index in [1.54, 1.807) is 12.1 Å². The van der Waals surface area contributed by atoms with E-state index in [-0.39, 0.29) is 40.9 Å². The number of furan rings is 1. The van der Waals surface area contributed by atoms with Crippen LogP contribution in [0.2, 0.25) is 0 Å². The number of ether oxygens (including phenoxy) is 3. The van der Waals surface area contributed by atoms with Gasteiger partial charge >= 0.3 is 18.0 Å². The number of imide groups is 1. The number of nitrogens with zero attached hydrogens (tertiary/aromatic N) is 2. The van der Waals surface area contributed by atoms with Crippen molar-refractivity contribution in [1.82, 2.24) is 10.2 Å². The van der Waals surface area contributed by atoms with Gasteiger partial charge in [-0.05, 0) is 47.5 Å². The maximum Gasteiger partial charge on any atom is 0.373 e. The van der Waals surface area contributed by atoms with Gasteiger partial charge in [0.15, 0.2) is 11.5 Å². The molecule has 13 heteroatoms. The number of esters is 2. The molecule has 0 unspecified atom stereocenters. The van der Waals surface area contributed by atoms with Crippen molar-refractivity contribution in [2.75, 3.05) is 14.2 Å². The first kappa shape index (κ1) is 27.3. The van der Waals surface area contributed by atoms with Crippen molar-refractivity contribution in [1.29, 1.82) is 0 Å². The number of methoxy groups -OCH3 is 2. The molecular formula is C27H21N3O10.